The van der Waals surface area contributed by atoms with Gasteiger partial charge in [-0.25, -0.2) is 0 Å². The van der Waals surface area contributed by atoms with Gasteiger partial charge in [-0.3, -0.25) is 9.56 Å². The molecule has 3 aromatic rings. The number of allylic oxidation sites excluding steroid dienone is 2. The zero-order valence-corrected chi connectivity index (χ0v) is 19.0. The Labute approximate surface area is 190 Å². The van der Waals surface area contributed by atoms with Crippen molar-refractivity contribution in [2.45, 2.75) is 26.8 Å². The van der Waals surface area contributed by atoms with Crippen LogP contribution in [0.25, 0.3) is 5.00 Å². The second kappa shape index (κ2) is 7.84. The Morgan fingerprint density at radius 3 is 2.71 bits per heavy atom. The minimum Gasteiger partial charge on any atom is -0.386 e. The van der Waals surface area contributed by atoms with Crippen molar-refractivity contribution in [1.29, 1.82) is 0 Å². The molecule has 0 saturated heterocycles. The number of aliphatic imine (C=N–C) groups is 1. The molecule has 0 amide bonds. The van der Waals surface area contributed by atoms with Crippen molar-refractivity contribution in [2.75, 3.05) is 6.54 Å². The average Bonchev–Trinajstić information content (AvgIpc) is 3.27. The first-order valence-electron chi connectivity index (χ1n) is 10.0. The van der Waals surface area contributed by atoms with Gasteiger partial charge in [0, 0.05) is 34.5 Å². The molecule has 0 saturated carbocycles. The molecule has 0 bridgehead atoms. The zero-order chi connectivity index (χ0) is 21.5. The number of rotatable bonds is 1. The van der Waals surface area contributed by atoms with E-state index in [1.54, 1.807) is 11.3 Å². The predicted molar refractivity (Wildman–Crippen MR) is 126 cm³/mol. The van der Waals surface area contributed by atoms with Crippen molar-refractivity contribution in [3.63, 3.8) is 0 Å². The van der Waals surface area contributed by atoms with E-state index in [4.69, 9.17) is 16.6 Å². The third kappa shape index (κ3) is 3.50. The maximum Gasteiger partial charge on any atom is 0.162 e. The molecule has 0 unspecified atom stereocenters. The second-order valence-electron chi connectivity index (χ2n) is 7.50. The quantitative estimate of drug-likeness (QED) is 0.541. The molecule has 154 valence electrons. The number of nitrogens with zero attached hydrogens (tertiary/aromatic N) is 4. The molecule has 1 atom stereocenters. The first-order valence-corrected chi connectivity index (χ1v) is 11.2. The van der Waals surface area contributed by atoms with E-state index in [-0.39, 0.29) is 6.04 Å². The lowest BCUT2D eigenvalue weighted by Gasteiger charge is -2.09. The number of hydrogen-bond donors (Lipinski definition) is 1. The topological polar surface area (TPSA) is 55.1 Å². The van der Waals surface area contributed by atoms with Gasteiger partial charge in [-0.05, 0) is 44.5 Å². The summed E-state index contributed by atoms with van der Waals surface area (Å²) in [5.74, 6) is 8.34. The Morgan fingerprint density at radius 1 is 1.16 bits per heavy atom. The maximum atomic E-state index is 6.14. The molecule has 2 aromatic heterocycles. The fraction of sp³-hybridized carbons (Fsp3) is 0.208. The van der Waals surface area contributed by atoms with Crippen molar-refractivity contribution in [3.05, 3.63) is 86.4 Å². The lowest BCUT2D eigenvalue weighted by atomic mass is 9.99. The molecule has 7 heteroatoms. The van der Waals surface area contributed by atoms with Crippen LogP contribution in [-0.2, 0) is 0 Å². The van der Waals surface area contributed by atoms with Crippen molar-refractivity contribution in [2.24, 2.45) is 4.99 Å². The van der Waals surface area contributed by atoms with Crippen LogP contribution in [0.15, 0.2) is 53.2 Å². The summed E-state index contributed by atoms with van der Waals surface area (Å²) >= 11 is 7.80. The van der Waals surface area contributed by atoms with Gasteiger partial charge in [-0.2, -0.15) is 0 Å². The summed E-state index contributed by atoms with van der Waals surface area (Å²) in [5, 5.41) is 13.7. The van der Waals surface area contributed by atoms with E-state index in [1.165, 1.54) is 0 Å². The minimum absolute atomic E-state index is 0.121. The van der Waals surface area contributed by atoms with Crippen LogP contribution in [0.2, 0.25) is 5.02 Å². The van der Waals surface area contributed by atoms with E-state index in [0.29, 0.717) is 5.02 Å². The normalized spacial score (nSPS) is 16.8. The van der Waals surface area contributed by atoms with Gasteiger partial charge in [0.05, 0.1) is 10.6 Å². The Morgan fingerprint density at radius 2 is 1.97 bits per heavy atom. The number of halogens is 1. The molecule has 4 heterocycles. The molecule has 2 aliphatic heterocycles. The first kappa shape index (κ1) is 19.8. The summed E-state index contributed by atoms with van der Waals surface area (Å²) in [4.78, 5) is 6.09. The molecule has 5 nitrogen and oxygen atoms in total. The highest BCUT2D eigenvalue weighted by atomic mass is 35.5. The standard InChI is InChI=1S/C24H20ClN5S/c1-14-20(11-6-17-5-4-12-26-13-17)31-24-21(14)22(18-7-9-19(25)10-8-18)27-15(2)23-29-28-16(3)30(23)24/h4-5,7-10,13,15,26H,12H2,1-3H3/t15-/m0/s1. The molecule has 1 aromatic carbocycles. The molecule has 1 N–H and O–H groups in total. The van der Waals surface area contributed by atoms with E-state index < -0.39 is 0 Å². The highest BCUT2D eigenvalue weighted by molar-refractivity contribution is 7.15. The van der Waals surface area contributed by atoms with Gasteiger partial charge in [-0.15, -0.1) is 21.5 Å². The maximum absolute atomic E-state index is 6.14. The van der Waals surface area contributed by atoms with Crippen LogP contribution >= 0.6 is 22.9 Å². The molecule has 0 spiro atoms. The van der Waals surface area contributed by atoms with Gasteiger partial charge in [0.1, 0.15) is 16.9 Å². The van der Waals surface area contributed by atoms with Gasteiger partial charge in [0.2, 0.25) is 0 Å². The molecule has 0 aliphatic carbocycles. The van der Waals surface area contributed by atoms with Crippen LogP contribution < -0.4 is 5.32 Å². The number of aromatic nitrogens is 3. The summed E-state index contributed by atoms with van der Waals surface area (Å²) < 4.78 is 2.12. The van der Waals surface area contributed by atoms with E-state index in [1.807, 2.05) is 43.5 Å². The summed E-state index contributed by atoms with van der Waals surface area (Å²) in [5.41, 5.74) is 5.12. The highest BCUT2D eigenvalue weighted by Gasteiger charge is 2.29. The summed E-state index contributed by atoms with van der Waals surface area (Å²) in [6.45, 7) is 6.98. The number of aryl methyl sites for hydroxylation is 1. The summed E-state index contributed by atoms with van der Waals surface area (Å²) in [6.07, 6.45) is 6.06. The van der Waals surface area contributed by atoms with E-state index in [0.717, 1.165) is 56.0 Å². The van der Waals surface area contributed by atoms with Crippen LogP contribution in [0.3, 0.4) is 0 Å². The molecule has 5 rings (SSSR count). The van der Waals surface area contributed by atoms with Crippen molar-refractivity contribution < 1.29 is 0 Å². The summed E-state index contributed by atoms with van der Waals surface area (Å²) in [6, 6.07) is 7.71. The Bertz CT molecular complexity index is 1330. The van der Waals surface area contributed by atoms with Crippen LogP contribution in [0.1, 0.15) is 46.2 Å². The van der Waals surface area contributed by atoms with Gasteiger partial charge >= 0.3 is 0 Å². The monoisotopic (exact) mass is 445 g/mol. The average molecular weight is 446 g/mol. The van der Waals surface area contributed by atoms with Crippen molar-refractivity contribution >= 4 is 28.6 Å². The third-order valence-electron chi connectivity index (χ3n) is 5.34. The van der Waals surface area contributed by atoms with E-state index in [9.17, 15) is 0 Å². The highest BCUT2D eigenvalue weighted by Crippen LogP contribution is 2.38. The van der Waals surface area contributed by atoms with Gasteiger partial charge in [-0.1, -0.05) is 41.7 Å². The predicted octanol–water partition coefficient (Wildman–Crippen LogP) is 4.91. The zero-order valence-electron chi connectivity index (χ0n) is 17.4. The summed E-state index contributed by atoms with van der Waals surface area (Å²) in [7, 11) is 0. The number of nitrogens with one attached hydrogen (secondary N) is 1. The van der Waals surface area contributed by atoms with E-state index in [2.05, 4.69) is 51.8 Å². The Balaban J connectivity index is 1.72. The van der Waals surface area contributed by atoms with Crippen LogP contribution in [0.5, 0.6) is 0 Å². The van der Waals surface area contributed by atoms with Crippen LogP contribution in [-0.4, -0.2) is 27.0 Å². The van der Waals surface area contributed by atoms with Gasteiger partial charge in [0.25, 0.3) is 0 Å². The lowest BCUT2D eigenvalue weighted by molar-refractivity contribution is 0.724. The lowest BCUT2D eigenvalue weighted by Crippen LogP contribution is -2.08. The minimum atomic E-state index is -0.121. The molecular weight excluding hydrogens is 426 g/mol. The molecule has 0 radical (unpaired) electrons. The van der Waals surface area contributed by atoms with Gasteiger partial charge < -0.3 is 5.32 Å². The number of thiophene rings is 1. The third-order valence-corrected chi connectivity index (χ3v) is 6.79. The Hall–Kier alpha value is -3.14. The molecule has 2 aliphatic rings. The largest absolute Gasteiger partial charge is 0.386 e. The first-order chi connectivity index (χ1) is 15.0. The molecule has 0 fully saturated rings. The number of fused-ring (bicyclic) bond motifs is 3. The Kier molecular flexibility index (Phi) is 5.01. The number of dihydropyridines is 1. The SMILES string of the molecule is Cc1c(C#CC2=CNCC=C2)sc2c1C(c1ccc(Cl)cc1)=N[C@@H](C)c1nnc(C)n1-2. The molecular formula is C24H20ClN5S. The van der Waals surface area contributed by atoms with Crippen LogP contribution in [0, 0.1) is 25.7 Å². The number of benzene rings is 1. The van der Waals surface area contributed by atoms with Gasteiger partial charge in [0.15, 0.2) is 5.82 Å². The van der Waals surface area contributed by atoms with E-state index >= 15 is 0 Å². The number of hydrogen-bond acceptors (Lipinski definition) is 5. The van der Waals surface area contributed by atoms with Crippen molar-refractivity contribution in [3.8, 4) is 16.8 Å². The fourth-order valence-corrected chi connectivity index (χ4v) is 5.12. The second-order valence-corrected chi connectivity index (χ2v) is 8.93. The van der Waals surface area contributed by atoms with Crippen LogP contribution in [0.4, 0.5) is 0 Å². The smallest absolute Gasteiger partial charge is 0.162 e. The molecule has 31 heavy (non-hydrogen) atoms. The van der Waals surface area contributed by atoms with Crippen molar-refractivity contribution in [1.82, 2.24) is 20.1 Å². The fourth-order valence-electron chi connectivity index (χ4n) is 3.77.